The predicted molar refractivity (Wildman–Crippen MR) is 91.2 cm³/mol. The van der Waals surface area contributed by atoms with Gasteiger partial charge in [0.2, 0.25) is 0 Å². The quantitative estimate of drug-likeness (QED) is 0.569. The van der Waals surface area contributed by atoms with Crippen molar-refractivity contribution >= 4 is 20.9 Å². The normalized spacial score (nSPS) is 11.9. The fourth-order valence-electron chi connectivity index (χ4n) is 2.74. The van der Waals surface area contributed by atoms with Crippen molar-refractivity contribution < 1.29 is 12.8 Å². The molecule has 0 atom stereocenters. The van der Waals surface area contributed by atoms with Crippen LogP contribution in [-0.4, -0.2) is 17.4 Å². The van der Waals surface area contributed by atoms with Crippen molar-refractivity contribution in [3.63, 3.8) is 0 Å². The average Bonchev–Trinajstić information content (AvgIpc) is 3.19. The first-order valence-electron chi connectivity index (χ1n) is 7.41. The number of hydrogen-bond donors (Lipinski definition) is 0. The molecule has 4 rings (SSSR count). The molecule has 4 aromatic rings. The van der Waals surface area contributed by atoms with E-state index in [9.17, 15) is 8.42 Å². The van der Waals surface area contributed by atoms with Gasteiger partial charge in [0.05, 0.1) is 16.6 Å². The van der Waals surface area contributed by atoms with Crippen LogP contribution in [0.5, 0.6) is 0 Å². The molecule has 0 unspecified atom stereocenters. The molecule has 0 spiro atoms. The fraction of sp³-hybridized carbons (Fsp3) is 0.0556. The Kier molecular flexibility index (Phi) is 3.28. The van der Waals surface area contributed by atoms with Crippen LogP contribution in [0, 0.1) is 6.92 Å². The van der Waals surface area contributed by atoms with Crippen molar-refractivity contribution in [1.82, 2.24) is 8.96 Å². The summed E-state index contributed by atoms with van der Waals surface area (Å²) < 4.78 is 32.9. The first kappa shape index (κ1) is 14.7. The second kappa shape index (κ2) is 5.35. The van der Waals surface area contributed by atoms with E-state index in [2.05, 4.69) is 4.98 Å². The van der Waals surface area contributed by atoms with E-state index >= 15 is 0 Å². The lowest BCUT2D eigenvalue weighted by molar-refractivity contribution is 0.535. The molecule has 0 saturated heterocycles. The van der Waals surface area contributed by atoms with E-state index in [-0.39, 0.29) is 4.90 Å². The zero-order valence-corrected chi connectivity index (χ0v) is 13.7. The third kappa shape index (κ3) is 2.23. The summed E-state index contributed by atoms with van der Waals surface area (Å²) in [6.07, 6.45) is 3.20. The molecule has 6 heteroatoms. The maximum absolute atomic E-state index is 13.0. The van der Waals surface area contributed by atoms with Gasteiger partial charge in [-0.15, -0.1) is 0 Å². The monoisotopic (exact) mass is 338 g/mol. The number of aryl methyl sites for hydroxylation is 1. The molecule has 0 fully saturated rings. The molecule has 24 heavy (non-hydrogen) atoms. The van der Waals surface area contributed by atoms with Crippen molar-refractivity contribution in [2.45, 2.75) is 11.8 Å². The molecule has 5 nitrogen and oxygen atoms in total. The third-order valence-electron chi connectivity index (χ3n) is 3.86. The van der Waals surface area contributed by atoms with E-state index in [4.69, 9.17) is 4.42 Å². The fourth-order valence-corrected chi connectivity index (χ4v) is 4.13. The number of fused-ring (bicyclic) bond motifs is 1. The van der Waals surface area contributed by atoms with Crippen molar-refractivity contribution in [3.8, 4) is 11.3 Å². The molecule has 0 radical (unpaired) electrons. The maximum atomic E-state index is 13.0. The van der Waals surface area contributed by atoms with Gasteiger partial charge in [-0.1, -0.05) is 36.4 Å². The van der Waals surface area contributed by atoms with Crippen LogP contribution < -0.4 is 0 Å². The van der Waals surface area contributed by atoms with Gasteiger partial charge in [-0.3, -0.25) is 0 Å². The Labute approximate surface area is 139 Å². The minimum Gasteiger partial charge on any atom is -0.441 e. The van der Waals surface area contributed by atoms with Crippen molar-refractivity contribution in [2.75, 3.05) is 0 Å². The molecule has 0 amide bonds. The van der Waals surface area contributed by atoms with Gasteiger partial charge in [-0.05, 0) is 18.2 Å². The Hall–Kier alpha value is -2.86. The Bertz CT molecular complexity index is 1130. The number of para-hydroxylation sites is 1. The number of hydrogen-bond acceptors (Lipinski definition) is 4. The van der Waals surface area contributed by atoms with E-state index in [1.54, 1.807) is 55.7 Å². The predicted octanol–water partition coefficient (Wildman–Crippen LogP) is 3.84. The summed E-state index contributed by atoms with van der Waals surface area (Å²) in [6.45, 7) is 1.75. The summed E-state index contributed by atoms with van der Waals surface area (Å²) in [6, 6.07) is 15.7. The van der Waals surface area contributed by atoms with Gasteiger partial charge in [-0.25, -0.2) is 17.4 Å². The van der Waals surface area contributed by atoms with Gasteiger partial charge < -0.3 is 4.42 Å². The molecule has 0 N–H and O–H groups in total. The minimum atomic E-state index is -3.69. The minimum absolute atomic E-state index is 0.242. The van der Waals surface area contributed by atoms with Gasteiger partial charge in [-0.2, -0.15) is 0 Å². The molecule has 0 bridgehead atoms. The Morgan fingerprint density at radius 2 is 1.71 bits per heavy atom. The van der Waals surface area contributed by atoms with Gasteiger partial charge in [0.15, 0.2) is 11.7 Å². The van der Waals surface area contributed by atoms with Gasteiger partial charge in [0.1, 0.15) is 0 Å². The van der Waals surface area contributed by atoms with E-state index in [1.807, 2.05) is 18.2 Å². The number of rotatable bonds is 3. The van der Waals surface area contributed by atoms with Crippen LogP contribution >= 0.6 is 0 Å². The lowest BCUT2D eigenvalue weighted by atomic mass is 10.1. The van der Waals surface area contributed by atoms with Crippen molar-refractivity contribution in [2.24, 2.45) is 0 Å². The Balaban J connectivity index is 2.01. The van der Waals surface area contributed by atoms with Crippen LogP contribution in [0.25, 0.3) is 22.2 Å². The van der Waals surface area contributed by atoms with Crippen LogP contribution in [0.1, 0.15) is 5.89 Å². The number of oxazole rings is 1. The first-order chi connectivity index (χ1) is 11.6. The second-order valence-corrected chi connectivity index (χ2v) is 7.23. The summed E-state index contributed by atoms with van der Waals surface area (Å²) in [5.74, 6) is 1.08. The number of aromatic nitrogens is 2. The maximum Gasteiger partial charge on any atom is 0.268 e. The van der Waals surface area contributed by atoms with Crippen LogP contribution in [0.2, 0.25) is 0 Å². The van der Waals surface area contributed by atoms with Gasteiger partial charge in [0.25, 0.3) is 10.0 Å². The average molecular weight is 338 g/mol. The summed E-state index contributed by atoms with van der Waals surface area (Å²) in [7, 11) is -3.69. The van der Waals surface area contributed by atoms with Crippen molar-refractivity contribution in [1.29, 1.82) is 0 Å². The molecule has 120 valence electrons. The molecular formula is C18H14N2O3S. The summed E-state index contributed by atoms with van der Waals surface area (Å²) in [5.41, 5.74) is 1.30. The zero-order chi connectivity index (χ0) is 16.7. The molecule has 0 aliphatic rings. The molecule has 0 aliphatic heterocycles. The summed E-state index contributed by atoms with van der Waals surface area (Å²) >= 11 is 0. The smallest absolute Gasteiger partial charge is 0.268 e. The van der Waals surface area contributed by atoms with E-state index < -0.39 is 10.0 Å². The molecule has 2 aromatic heterocycles. The Morgan fingerprint density at radius 1 is 1.00 bits per heavy atom. The van der Waals surface area contributed by atoms with E-state index in [0.29, 0.717) is 22.7 Å². The molecule has 2 heterocycles. The van der Waals surface area contributed by atoms with Crippen LogP contribution in [0.4, 0.5) is 0 Å². The van der Waals surface area contributed by atoms with Crippen LogP contribution in [0.15, 0.2) is 76.3 Å². The van der Waals surface area contributed by atoms with Crippen LogP contribution in [-0.2, 0) is 10.0 Å². The van der Waals surface area contributed by atoms with Crippen molar-refractivity contribution in [3.05, 3.63) is 72.9 Å². The highest BCUT2D eigenvalue weighted by atomic mass is 32.2. The Morgan fingerprint density at radius 3 is 2.42 bits per heavy atom. The summed E-state index contributed by atoms with van der Waals surface area (Å²) in [4.78, 5) is 4.35. The largest absolute Gasteiger partial charge is 0.441 e. The number of benzene rings is 2. The third-order valence-corrected chi connectivity index (χ3v) is 5.55. The lowest BCUT2D eigenvalue weighted by Crippen LogP contribution is -2.11. The first-order valence-corrected chi connectivity index (χ1v) is 8.85. The van der Waals surface area contributed by atoms with Crippen LogP contribution in [0.3, 0.4) is 0 Å². The highest BCUT2D eigenvalue weighted by Gasteiger charge is 2.22. The van der Waals surface area contributed by atoms with E-state index in [1.165, 1.54) is 3.97 Å². The molecule has 0 saturated carbocycles. The topological polar surface area (TPSA) is 65.1 Å². The molecule has 2 aromatic carbocycles. The highest BCUT2D eigenvalue weighted by Crippen LogP contribution is 2.33. The highest BCUT2D eigenvalue weighted by molar-refractivity contribution is 7.90. The number of nitrogens with zero attached hydrogens (tertiary/aromatic N) is 2. The lowest BCUT2D eigenvalue weighted by Gasteiger charge is -2.07. The SMILES string of the molecule is Cc1ncc(-c2cn(S(=O)(=O)c3ccccc3)c3ccccc23)o1. The van der Waals surface area contributed by atoms with E-state index in [0.717, 1.165) is 5.39 Å². The zero-order valence-electron chi connectivity index (χ0n) is 12.9. The molecule has 0 aliphatic carbocycles. The van der Waals surface area contributed by atoms with Gasteiger partial charge in [0, 0.05) is 24.1 Å². The van der Waals surface area contributed by atoms with Gasteiger partial charge >= 0.3 is 0 Å². The second-order valence-electron chi connectivity index (χ2n) is 5.42. The summed E-state index contributed by atoms with van der Waals surface area (Å²) in [5, 5.41) is 0.799. The standard InChI is InChI=1S/C18H14N2O3S/c1-13-19-11-18(23-13)16-12-20(17-10-6-5-9-15(16)17)24(21,22)14-7-3-2-4-8-14/h2-12H,1H3. The molecular weight excluding hydrogens is 324 g/mol.